The monoisotopic (exact) mass is 553 g/mol. The summed E-state index contributed by atoms with van der Waals surface area (Å²) in [6, 6.07) is 9.91. The number of amides is 2. The number of rotatable bonds is 7. The van der Waals surface area contributed by atoms with Crippen molar-refractivity contribution in [2.45, 2.75) is 45.1 Å². The lowest BCUT2D eigenvalue weighted by Gasteiger charge is -2.27. The van der Waals surface area contributed by atoms with Gasteiger partial charge >= 0.3 is 6.09 Å². The van der Waals surface area contributed by atoms with Gasteiger partial charge in [-0.1, -0.05) is 35.9 Å². The van der Waals surface area contributed by atoms with Gasteiger partial charge in [0.1, 0.15) is 18.2 Å². The van der Waals surface area contributed by atoms with E-state index in [0.29, 0.717) is 34.3 Å². The van der Waals surface area contributed by atoms with Crippen LogP contribution in [0.2, 0.25) is 5.02 Å². The van der Waals surface area contributed by atoms with Crippen molar-refractivity contribution in [1.82, 2.24) is 19.7 Å². The van der Waals surface area contributed by atoms with Gasteiger partial charge in [-0.2, -0.15) is 0 Å². The molecule has 0 unspecified atom stereocenters. The second-order valence-corrected chi connectivity index (χ2v) is 10.6. The van der Waals surface area contributed by atoms with E-state index in [1.807, 2.05) is 0 Å². The minimum atomic E-state index is -0.754. The number of piperidine rings is 1. The summed E-state index contributed by atoms with van der Waals surface area (Å²) in [5.74, 6) is -0.402. The van der Waals surface area contributed by atoms with E-state index >= 15 is 0 Å². The molecule has 9 nitrogen and oxygen atoms in total. The molecule has 39 heavy (non-hydrogen) atoms. The molecule has 0 radical (unpaired) electrons. The number of aromatic nitrogens is 1. The molecule has 11 heteroatoms. The number of alkyl carbamates (subject to hydrolysis) is 1. The van der Waals surface area contributed by atoms with E-state index in [4.69, 9.17) is 21.7 Å². The normalized spacial score (nSPS) is 19.5. The van der Waals surface area contributed by atoms with Crippen LogP contribution in [0, 0.1) is 17.1 Å². The lowest BCUT2D eigenvalue weighted by Crippen LogP contribution is -2.44. The molecule has 3 aromatic rings. The summed E-state index contributed by atoms with van der Waals surface area (Å²) >= 11 is 5.80. The molecule has 0 spiro atoms. The molecule has 2 heterocycles. The van der Waals surface area contributed by atoms with Crippen LogP contribution >= 0.6 is 11.6 Å². The Morgan fingerprint density at radius 3 is 2.69 bits per heavy atom. The topological polar surface area (TPSA) is 108 Å². The van der Waals surface area contributed by atoms with Crippen LogP contribution in [0.25, 0.3) is 10.9 Å². The number of benzene rings is 2. The fraction of sp³-hybridized carbons (Fsp3) is 0.357. The van der Waals surface area contributed by atoms with Crippen molar-refractivity contribution in [3.63, 3.8) is 0 Å². The first-order valence-corrected chi connectivity index (χ1v) is 13.0. The standard InChI is InChI=1S/C28H29ClFN5O4/c1-15(36)20-13-34(23-9-16(7-8-19(20)23)27(31)33(2)3)14-24(37)35-22-10-18(22)11-25(35)39-28(38)32-12-17-5-4-6-21(29)26(17)30/h4-9,13,18,22,25,31H,10-12,14H2,1-3H3,(H,32,38)/t18-,22-,25+/m1/s1. The zero-order valence-electron chi connectivity index (χ0n) is 21.8. The number of hydrogen-bond donors (Lipinski definition) is 2. The number of ketones is 1. The molecule has 1 aliphatic carbocycles. The van der Waals surface area contributed by atoms with Crippen LogP contribution in [0.5, 0.6) is 0 Å². The van der Waals surface area contributed by atoms with E-state index in [1.165, 1.54) is 19.1 Å². The molecule has 1 saturated heterocycles. The van der Waals surface area contributed by atoms with Gasteiger partial charge in [0.05, 0.1) is 5.02 Å². The fourth-order valence-electron chi connectivity index (χ4n) is 5.22. The molecule has 2 N–H and O–H groups in total. The summed E-state index contributed by atoms with van der Waals surface area (Å²) in [7, 11) is 3.55. The van der Waals surface area contributed by atoms with Gasteiger partial charge in [-0.25, -0.2) is 9.18 Å². The summed E-state index contributed by atoms with van der Waals surface area (Å²) in [6.45, 7) is 1.32. The third-order valence-electron chi connectivity index (χ3n) is 7.33. The number of ether oxygens (including phenoxy) is 1. The van der Waals surface area contributed by atoms with Crippen LogP contribution in [0.15, 0.2) is 42.6 Å². The first-order chi connectivity index (χ1) is 18.5. The van der Waals surface area contributed by atoms with E-state index in [9.17, 15) is 18.8 Å². The Kier molecular flexibility index (Phi) is 7.07. The Morgan fingerprint density at radius 1 is 1.21 bits per heavy atom. The Bertz CT molecular complexity index is 1500. The number of halogens is 2. The van der Waals surface area contributed by atoms with Crippen molar-refractivity contribution in [3.8, 4) is 0 Å². The Hall–Kier alpha value is -3.92. The quantitative estimate of drug-likeness (QED) is 0.256. The van der Waals surface area contributed by atoms with Crippen molar-refractivity contribution in [3.05, 3.63) is 70.1 Å². The molecule has 2 aromatic carbocycles. The third kappa shape index (κ3) is 5.21. The number of fused-ring (bicyclic) bond motifs is 2. The maximum Gasteiger partial charge on any atom is 0.409 e. The van der Waals surface area contributed by atoms with Gasteiger partial charge in [-0.05, 0) is 31.4 Å². The Morgan fingerprint density at radius 2 is 1.97 bits per heavy atom. The highest BCUT2D eigenvalue weighted by Gasteiger charge is 2.55. The van der Waals surface area contributed by atoms with E-state index < -0.39 is 18.1 Å². The highest BCUT2D eigenvalue weighted by Crippen LogP contribution is 2.48. The minimum Gasteiger partial charge on any atom is -0.425 e. The van der Waals surface area contributed by atoms with Crippen LogP contribution in [0.3, 0.4) is 0 Å². The Labute approximate surface area is 230 Å². The first kappa shape index (κ1) is 26.7. The molecule has 3 atom stereocenters. The number of hydrogen-bond acceptors (Lipinski definition) is 5. The summed E-state index contributed by atoms with van der Waals surface area (Å²) in [6.07, 6.45) is 1.55. The number of carbonyl (C=O) groups excluding carboxylic acids is 3. The molecule has 2 aliphatic rings. The van der Waals surface area contributed by atoms with Gasteiger partial charge in [0, 0.05) is 66.9 Å². The van der Waals surface area contributed by atoms with Crippen LogP contribution in [-0.4, -0.2) is 64.4 Å². The molecule has 1 aromatic heterocycles. The van der Waals surface area contributed by atoms with Gasteiger partial charge in [-0.3, -0.25) is 15.0 Å². The zero-order chi connectivity index (χ0) is 28.0. The number of nitrogens with zero attached hydrogens (tertiary/aromatic N) is 3. The number of carbonyl (C=O) groups is 3. The smallest absolute Gasteiger partial charge is 0.409 e. The second-order valence-electron chi connectivity index (χ2n) is 10.2. The molecule has 204 valence electrons. The van der Waals surface area contributed by atoms with Crippen molar-refractivity contribution in [1.29, 1.82) is 5.41 Å². The van der Waals surface area contributed by atoms with E-state index in [2.05, 4.69) is 5.32 Å². The van der Waals surface area contributed by atoms with Crippen LogP contribution in [0.4, 0.5) is 9.18 Å². The van der Waals surface area contributed by atoms with E-state index in [1.54, 1.807) is 58.9 Å². The summed E-state index contributed by atoms with van der Waals surface area (Å²) in [5.41, 5.74) is 2.05. The van der Waals surface area contributed by atoms with E-state index in [-0.39, 0.29) is 47.3 Å². The van der Waals surface area contributed by atoms with Gasteiger partial charge < -0.3 is 24.4 Å². The van der Waals surface area contributed by atoms with Gasteiger partial charge in [-0.15, -0.1) is 0 Å². The predicted molar refractivity (Wildman–Crippen MR) is 144 cm³/mol. The Balaban J connectivity index is 1.32. The number of nitrogens with one attached hydrogen (secondary N) is 2. The molecule has 2 amide bonds. The fourth-order valence-corrected chi connectivity index (χ4v) is 5.41. The largest absolute Gasteiger partial charge is 0.425 e. The average molecular weight is 554 g/mol. The van der Waals surface area contributed by atoms with Crippen molar-refractivity contribution in [2.24, 2.45) is 5.92 Å². The van der Waals surface area contributed by atoms with Crippen LogP contribution < -0.4 is 5.32 Å². The number of likely N-dealkylation sites (tertiary alicyclic amines) is 1. The minimum absolute atomic E-state index is 0.00717. The van der Waals surface area contributed by atoms with Crippen molar-refractivity contribution < 1.29 is 23.5 Å². The molecule has 1 saturated carbocycles. The zero-order valence-corrected chi connectivity index (χ0v) is 22.6. The van der Waals surface area contributed by atoms with Crippen LogP contribution in [0.1, 0.15) is 41.3 Å². The van der Waals surface area contributed by atoms with Gasteiger partial charge in [0.25, 0.3) is 0 Å². The molecule has 0 bridgehead atoms. The summed E-state index contributed by atoms with van der Waals surface area (Å²) in [4.78, 5) is 41.7. The molecule has 5 rings (SSSR count). The molecular weight excluding hydrogens is 525 g/mol. The lowest BCUT2D eigenvalue weighted by molar-refractivity contribution is -0.140. The van der Waals surface area contributed by atoms with Gasteiger partial charge in [0.2, 0.25) is 5.91 Å². The summed E-state index contributed by atoms with van der Waals surface area (Å²) in [5, 5.41) is 11.5. The maximum atomic E-state index is 14.1. The van der Waals surface area contributed by atoms with Crippen LogP contribution in [-0.2, 0) is 22.6 Å². The highest BCUT2D eigenvalue weighted by molar-refractivity contribution is 6.30. The second kappa shape index (κ2) is 10.3. The van der Waals surface area contributed by atoms with Crippen molar-refractivity contribution in [2.75, 3.05) is 14.1 Å². The molecule has 1 aliphatic heterocycles. The summed E-state index contributed by atoms with van der Waals surface area (Å²) < 4.78 is 21.4. The van der Waals surface area contributed by atoms with E-state index in [0.717, 1.165) is 6.42 Å². The third-order valence-corrected chi connectivity index (χ3v) is 7.62. The van der Waals surface area contributed by atoms with Gasteiger partial charge in [0.15, 0.2) is 12.0 Å². The molecular formula is C28H29ClFN5O4. The molecule has 2 fully saturated rings. The highest BCUT2D eigenvalue weighted by atomic mass is 35.5. The first-order valence-electron chi connectivity index (χ1n) is 12.6. The SMILES string of the molecule is CC(=O)c1cn(CC(=O)N2[C@@H](OC(=O)NCc3cccc(Cl)c3F)C[C@H]3C[C@H]32)c2cc(C(=N)N(C)C)ccc12. The number of Topliss-reactive ketones (excluding diaryl/α,β-unsaturated/α-hetero) is 1. The average Bonchev–Trinajstić information content (AvgIpc) is 3.40. The lowest BCUT2D eigenvalue weighted by atomic mass is 10.1. The predicted octanol–water partition coefficient (Wildman–Crippen LogP) is 4.40. The number of amidine groups is 1. The van der Waals surface area contributed by atoms with Crippen molar-refractivity contribution >= 4 is 46.1 Å². The maximum absolute atomic E-state index is 14.1.